The number of methoxy groups -OCH3 is 2. The first-order valence-corrected chi connectivity index (χ1v) is 8.21. The molecule has 0 aliphatic heterocycles. The summed E-state index contributed by atoms with van der Waals surface area (Å²) in [5, 5.41) is 14.1. The van der Waals surface area contributed by atoms with Gasteiger partial charge in [-0.05, 0) is 49.6 Å². The lowest BCUT2D eigenvalue weighted by Gasteiger charge is -2.15. The smallest absolute Gasteiger partial charge is 0.269 e. The Morgan fingerprint density at radius 2 is 1.68 bits per heavy atom. The van der Waals surface area contributed by atoms with Crippen molar-refractivity contribution < 1.29 is 14.4 Å². The van der Waals surface area contributed by atoms with Crippen LogP contribution in [0, 0.1) is 10.1 Å². The summed E-state index contributed by atoms with van der Waals surface area (Å²) in [5.41, 5.74) is 2.38. The van der Waals surface area contributed by atoms with E-state index in [0.717, 1.165) is 36.4 Å². The summed E-state index contributed by atoms with van der Waals surface area (Å²) in [6, 6.07) is 12.9. The van der Waals surface area contributed by atoms with Crippen molar-refractivity contribution in [3.63, 3.8) is 0 Å². The second-order valence-electron chi connectivity index (χ2n) is 5.92. The lowest BCUT2D eigenvalue weighted by molar-refractivity contribution is -0.384. The van der Waals surface area contributed by atoms with Gasteiger partial charge in [-0.2, -0.15) is 0 Å². The van der Waals surface area contributed by atoms with E-state index < -0.39 is 0 Å². The number of benzene rings is 2. The van der Waals surface area contributed by atoms with Gasteiger partial charge in [0, 0.05) is 18.2 Å². The minimum absolute atomic E-state index is 0.124. The molecule has 1 N–H and O–H groups in total. The van der Waals surface area contributed by atoms with Crippen LogP contribution in [0.2, 0.25) is 0 Å². The summed E-state index contributed by atoms with van der Waals surface area (Å²) in [5.74, 6) is 1.46. The summed E-state index contributed by atoms with van der Waals surface area (Å²) in [4.78, 5) is 10.3. The molecule has 0 amide bonds. The summed E-state index contributed by atoms with van der Waals surface area (Å²) in [6.45, 7) is 2.94. The molecule has 1 unspecified atom stereocenters. The number of rotatable bonds is 9. The molecule has 6 nitrogen and oxygen atoms in total. The van der Waals surface area contributed by atoms with Gasteiger partial charge in [0.15, 0.2) is 11.5 Å². The number of ether oxygens (including phenoxy) is 2. The highest BCUT2D eigenvalue weighted by atomic mass is 16.6. The molecule has 2 rings (SSSR count). The number of nitrogens with one attached hydrogen (secondary N) is 1. The van der Waals surface area contributed by atoms with Crippen LogP contribution in [0.4, 0.5) is 5.69 Å². The average Bonchev–Trinajstić information content (AvgIpc) is 2.62. The fourth-order valence-corrected chi connectivity index (χ4v) is 2.68. The van der Waals surface area contributed by atoms with Gasteiger partial charge in [0.25, 0.3) is 5.69 Å². The monoisotopic (exact) mass is 344 g/mol. The maximum Gasteiger partial charge on any atom is 0.269 e. The van der Waals surface area contributed by atoms with Crippen LogP contribution in [-0.2, 0) is 12.8 Å². The highest BCUT2D eigenvalue weighted by Gasteiger charge is 2.08. The van der Waals surface area contributed by atoms with Crippen LogP contribution in [0.5, 0.6) is 11.5 Å². The molecule has 0 aliphatic carbocycles. The zero-order valence-corrected chi connectivity index (χ0v) is 14.8. The van der Waals surface area contributed by atoms with E-state index in [1.807, 2.05) is 18.2 Å². The largest absolute Gasteiger partial charge is 0.493 e. The van der Waals surface area contributed by atoms with E-state index >= 15 is 0 Å². The van der Waals surface area contributed by atoms with E-state index in [1.165, 1.54) is 5.56 Å². The maximum absolute atomic E-state index is 10.7. The first-order chi connectivity index (χ1) is 12.0. The maximum atomic E-state index is 10.7. The second-order valence-corrected chi connectivity index (χ2v) is 5.92. The molecular weight excluding hydrogens is 320 g/mol. The van der Waals surface area contributed by atoms with Crippen molar-refractivity contribution in [2.75, 3.05) is 20.8 Å². The third kappa shape index (κ3) is 5.46. The zero-order chi connectivity index (χ0) is 18.2. The Morgan fingerprint density at radius 1 is 1.04 bits per heavy atom. The molecule has 2 aromatic rings. The number of hydrogen-bond acceptors (Lipinski definition) is 5. The molecule has 25 heavy (non-hydrogen) atoms. The van der Waals surface area contributed by atoms with Crippen LogP contribution in [-0.4, -0.2) is 31.7 Å². The van der Waals surface area contributed by atoms with Gasteiger partial charge in [0.1, 0.15) is 0 Å². The number of nitro groups is 1. The highest BCUT2D eigenvalue weighted by Crippen LogP contribution is 2.27. The number of nitrogens with zero attached hydrogens (tertiary/aromatic N) is 1. The Bertz CT molecular complexity index is 701. The SMILES string of the molecule is COc1ccc(CC(C)NCCc2ccc([N+](=O)[O-])cc2)cc1OC. The Kier molecular flexibility index (Phi) is 6.77. The Hall–Kier alpha value is -2.60. The van der Waals surface area contributed by atoms with Crippen LogP contribution >= 0.6 is 0 Å². The summed E-state index contributed by atoms with van der Waals surface area (Å²) < 4.78 is 10.6. The lowest BCUT2D eigenvalue weighted by Crippen LogP contribution is -2.30. The summed E-state index contributed by atoms with van der Waals surface area (Å²) in [7, 11) is 3.26. The quantitative estimate of drug-likeness (QED) is 0.558. The number of non-ortho nitro benzene ring substituents is 1. The van der Waals surface area contributed by atoms with E-state index in [2.05, 4.69) is 12.2 Å². The third-order valence-corrected chi connectivity index (χ3v) is 4.04. The van der Waals surface area contributed by atoms with Crippen molar-refractivity contribution in [2.24, 2.45) is 0 Å². The van der Waals surface area contributed by atoms with Gasteiger partial charge >= 0.3 is 0 Å². The predicted molar refractivity (Wildman–Crippen MR) is 97.5 cm³/mol. The number of nitro benzene ring substituents is 1. The third-order valence-electron chi connectivity index (χ3n) is 4.04. The molecule has 134 valence electrons. The molecule has 0 aliphatic rings. The standard InChI is InChI=1S/C19H24N2O4/c1-14(12-16-6-9-18(24-2)19(13-16)25-3)20-11-10-15-4-7-17(8-5-15)21(22)23/h4-9,13-14,20H,10-12H2,1-3H3. The highest BCUT2D eigenvalue weighted by molar-refractivity contribution is 5.43. The Balaban J connectivity index is 1.82. The first-order valence-electron chi connectivity index (χ1n) is 8.21. The normalized spacial score (nSPS) is 11.8. The first kappa shape index (κ1) is 18.7. The van der Waals surface area contributed by atoms with Crippen LogP contribution in [0.25, 0.3) is 0 Å². The molecule has 0 spiro atoms. The molecule has 0 heterocycles. The lowest BCUT2D eigenvalue weighted by atomic mass is 10.1. The van der Waals surface area contributed by atoms with E-state index in [-0.39, 0.29) is 10.6 Å². The fraction of sp³-hybridized carbons (Fsp3) is 0.368. The van der Waals surface area contributed by atoms with E-state index in [4.69, 9.17) is 9.47 Å². The molecule has 0 saturated heterocycles. The molecule has 0 bridgehead atoms. The zero-order valence-electron chi connectivity index (χ0n) is 14.8. The van der Waals surface area contributed by atoms with Gasteiger partial charge in [-0.1, -0.05) is 18.2 Å². The van der Waals surface area contributed by atoms with Crippen molar-refractivity contribution in [1.82, 2.24) is 5.32 Å². The van der Waals surface area contributed by atoms with Crippen LogP contribution in [0.15, 0.2) is 42.5 Å². The Labute approximate surface area is 147 Å². The molecule has 6 heteroatoms. The van der Waals surface area contributed by atoms with Crippen molar-refractivity contribution in [3.05, 3.63) is 63.7 Å². The fourth-order valence-electron chi connectivity index (χ4n) is 2.68. The topological polar surface area (TPSA) is 73.6 Å². The van der Waals surface area contributed by atoms with Gasteiger partial charge in [0.05, 0.1) is 19.1 Å². The van der Waals surface area contributed by atoms with Gasteiger partial charge in [-0.25, -0.2) is 0 Å². The molecule has 1 atom stereocenters. The predicted octanol–water partition coefficient (Wildman–Crippen LogP) is 3.38. The van der Waals surface area contributed by atoms with E-state index in [1.54, 1.807) is 38.5 Å². The molecule has 0 fully saturated rings. The molecule has 0 aromatic heterocycles. The van der Waals surface area contributed by atoms with Gasteiger partial charge in [0.2, 0.25) is 0 Å². The second kappa shape index (κ2) is 9.03. The van der Waals surface area contributed by atoms with Crippen LogP contribution in [0.3, 0.4) is 0 Å². The summed E-state index contributed by atoms with van der Waals surface area (Å²) in [6.07, 6.45) is 1.70. The molecular formula is C19H24N2O4. The minimum atomic E-state index is -0.382. The van der Waals surface area contributed by atoms with Crippen LogP contribution in [0.1, 0.15) is 18.1 Å². The van der Waals surface area contributed by atoms with Crippen molar-refractivity contribution in [2.45, 2.75) is 25.8 Å². The van der Waals surface area contributed by atoms with Crippen molar-refractivity contribution in [1.29, 1.82) is 0 Å². The number of hydrogen-bond donors (Lipinski definition) is 1. The van der Waals surface area contributed by atoms with Crippen LogP contribution < -0.4 is 14.8 Å². The van der Waals surface area contributed by atoms with E-state index in [0.29, 0.717) is 6.04 Å². The summed E-state index contributed by atoms with van der Waals surface area (Å²) >= 11 is 0. The van der Waals surface area contributed by atoms with Crippen molar-refractivity contribution >= 4 is 5.69 Å². The molecule has 0 saturated carbocycles. The molecule has 0 radical (unpaired) electrons. The van der Waals surface area contributed by atoms with Gasteiger partial charge in [-0.3, -0.25) is 10.1 Å². The average molecular weight is 344 g/mol. The minimum Gasteiger partial charge on any atom is -0.493 e. The van der Waals surface area contributed by atoms with Gasteiger partial charge < -0.3 is 14.8 Å². The Morgan fingerprint density at radius 3 is 2.28 bits per heavy atom. The van der Waals surface area contributed by atoms with E-state index in [9.17, 15) is 10.1 Å². The molecule has 2 aromatic carbocycles. The van der Waals surface area contributed by atoms with Crippen molar-refractivity contribution in [3.8, 4) is 11.5 Å². The van der Waals surface area contributed by atoms with Gasteiger partial charge in [-0.15, -0.1) is 0 Å².